The Morgan fingerprint density at radius 1 is 0.903 bits per heavy atom. The van der Waals surface area contributed by atoms with Gasteiger partial charge in [-0.1, -0.05) is 18.2 Å². The van der Waals surface area contributed by atoms with E-state index < -0.39 is 17.9 Å². The molecule has 0 radical (unpaired) electrons. The van der Waals surface area contributed by atoms with Gasteiger partial charge < -0.3 is 18.6 Å². The number of furan rings is 1. The predicted octanol–water partition coefficient (Wildman–Crippen LogP) is 3.49. The van der Waals surface area contributed by atoms with Crippen LogP contribution in [0.3, 0.4) is 0 Å². The quantitative estimate of drug-likeness (QED) is 0.510. The van der Waals surface area contributed by atoms with Gasteiger partial charge in [-0.2, -0.15) is 0 Å². The molecule has 1 heterocycles. The molecule has 1 aromatic heterocycles. The average Bonchev–Trinajstić information content (AvgIpc) is 3.27. The highest BCUT2D eigenvalue weighted by Crippen LogP contribution is 2.19. The van der Waals surface area contributed by atoms with Crippen molar-refractivity contribution in [3.63, 3.8) is 0 Å². The molecular formula is C23H24N2O6. The third kappa shape index (κ3) is 6.27. The lowest BCUT2D eigenvalue weighted by atomic mass is 10.2. The van der Waals surface area contributed by atoms with Crippen LogP contribution in [0.4, 0.5) is 0 Å². The van der Waals surface area contributed by atoms with Gasteiger partial charge in [0.1, 0.15) is 23.9 Å². The van der Waals surface area contributed by atoms with Crippen LogP contribution in [0, 0.1) is 0 Å². The van der Waals surface area contributed by atoms with E-state index in [1.807, 2.05) is 37.3 Å². The summed E-state index contributed by atoms with van der Waals surface area (Å²) in [6.07, 6.45) is 0.550. The summed E-state index contributed by atoms with van der Waals surface area (Å²) in [7, 11) is 0. The summed E-state index contributed by atoms with van der Waals surface area (Å²) in [5, 5.41) is 0. The molecule has 0 saturated heterocycles. The van der Waals surface area contributed by atoms with Crippen molar-refractivity contribution in [1.82, 2.24) is 10.9 Å². The second-order valence-corrected chi connectivity index (χ2v) is 6.48. The molecule has 1 unspecified atom stereocenters. The van der Waals surface area contributed by atoms with Gasteiger partial charge >= 0.3 is 5.91 Å². The molecule has 0 saturated carbocycles. The number of carbonyl (C=O) groups excluding carboxylic acids is 2. The summed E-state index contributed by atoms with van der Waals surface area (Å²) in [5.74, 6) is 0.822. The summed E-state index contributed by atoms with van der Waals surface area (Å²) in [5.41, 5.74) is 5.21. The number of ether oxygens (including phenoxy) is 3. The number of hydrazine groups is 1. The van der Waals surface area contributed by atoms with Crippen LogP contribution < -0.4 is 25.1 Å². The second-order valence-electron chi connectivity index (χ2n) is 6.48. The van der Waals surface area contributed by atoms with Crippen LogP contribution in [0.5, 0.6) is 17.2 Å². The zero-order valence-corrected chi connectivity index (χ0v) is 17.3. The lowest BCUT2D eigenvalue weighted by molar-refractivity contribution is -0.128. The molecule has 8 nitrogen and oxygen atoms in total. The number of para-hydroxylation sites is 1. The average molecular weight is 424 g/mol. The number of amides is 2. The van der Waals surface area contributed by atoms with Crippen molar-refractivity contribution >= 4 is 11.8 Å². The second kappa shape index (κ2) is 10.7. The minimum absolute atomic E-state index is 0.0521. The molecule has 8 heteroatoms. The van der Waals surface area contributed by atoms with E-state index >= 15 is 0 Å². The van der Waals surface area contributed by atoms with Crippen molar-refractivity contribution in [1.29, 1.82) is 0 Å². The molecule has 0 fully saturated rings. The third-order valence-corrected chi connectivity index (χ3v) is 4.21. The zero-order valence-electron chi connectivity index (χ0n) is 17.3. The minimum Gasteiger partial charge on any atom is -0.494 e. The lowest BCUT2D eigenvalue weighted by Gasteiger charge is -2.15. The largest absolute Gasteiger partial charge is 0.494 e. The van der Waals surface area contributed by atoms with E-state index in [4.69, 9.17) is 18.6 Å². The number of nitrogens with one attached hydrogen (secondary N) is 2. The molecule has 162 valence electrons. The molecule has 1 atom stereocenters. The van der Waals surface area contributed by atoms with Crippen molar-refractivity contribution < 1.29 is 28.2 Å². The van der Waals surface area contributed by atoms with E-state index in [1.165, 1.54) is 6.26 Å². The van der Waals surface area contributed by atoms with Crippen LogP contribution >= 0.6 is 0 Å². The molecule has 2 amide bonds. The summed E-state index contributed by atoms with van der Waals surface area (Å²) < 4.78 is 21.8. The maximum absolute atomic E-state index is 12.4. The van der Waals surface area contributed by atoms with Crippen LogP contribution in [0.2, 0.25) is 0 Å². The van der Waals surface area contributed by atoms with Gasteiger partial charge in [-0.25, -0.2) is 0 Å². The van der Waals surface area contributed by atoms with Crippen LogP contribution in [-0.4, -0.2) is 24.5 Å². The van der Waals surface area contributed by atoms with E-state index in [9.17, 15) is 9.59 Å². The van der Waals surface area contributed by atoms with Crippen molar-refractivity contribution in [2.75, 3.05) is 6.61 Å². The SMILES string of the molecule is CCOc1ccc(OC(C)C(=O)NNC(=O)c2occc2COc2ccccc2)cc1. The topological polar surface area (TPSA) is 99.0 Å². The highest BCUT2D eigenvalue weighted by atomic mass is 16.5. The molecule has 0 aliphatic carbocycles. The standard InChI is InChI=1S/C23H24N2O6/c1-3-28-19-9-11-20(12-10-19)31-16(2)22(26)24-25-23(27)21-17(13-14-29-21)15-30-18-7-5-4-6-8-18/h4-14,16H,3,15H2,1-2H3,(H,24,26)(H,25,27). The number of carbonyl (C=O) groups is 2. The summed E-state index contributed by atoms with van der Waals surface area (Å²) in [6.45, 7) is 4.18. The molecule has 0 spiro atoms. The Kier molecular flexibility index (Phi) is 7.53. The van der Waals surface area contributed by atoms with Crippen LogP contribution in [0.25, 0.3) is 0 Å². The summed E-state index contributed by atoms with van der Waals surface area (Å²) in [6, 6.07) is 17.8. The third-order valence-electron chi connectivity index (χ3n) is 4.21. The molecule has 31 heavy (non-hydrogen) atoms. The van der Waals surface area contributed by atoms with E-state index in [0.29, 0.717) is 29.4 Å². The van der Waals surface area contributed by atoms with Crippen LogP contribution in [0.15, 0.2) is 71.3 Å². The highest BCUT2D eigenvalue weighted by molar-refractivity contribution is 5.94. The van der Waals surface area contributed by atoms with Crippen molar-refractivity contribution in [3.8, 4) is 17.2 Å². The Bertz CT molecular complexity index is 985. The maximum atomic E-state index is 12.4. The summed E-state index contributed by atoms with van der Waals surface area (Å²) >= 11 is 0. The Labute approximate surface area is 180 Å². The number of hydrogen-bond acceptors (Lipinski definition) is 6. The van der Waals surface area contributed by atoms with Gasteiger partial charge in [0.05, 0.1) is 12.9 Å². The van der Waals surface area contributed by atoms with E-state index in [-0.39, 0.29) is 12.4 Å². The predicted molar refractivity (Wildman–Crippen MR) is 113 cm³/mol. The Hall–Kier alpha value is -3.94. The van der Waals surface area contributed by atoms with Crippen molar-refractivity contribution in [2.45, 2.75) is 26.6 Å². The van der Waals surface area contributed by atoms with Gasteiger partial charge in [-0.15, -0.1) is 0 Å². The molecule has 3 rings (SSSR count). The Morgan fingerprint density at radius 2 is 1.58 bits per heavy atom. The molecule has 2 N–H and O–H groups in total. The zero-order chi connectivity index (χ0) is 22.1. The van der Waals surface area contributed by atoms with Gasteiger partial charge in [0.25, 0.3) is 5.91 Å². The Balaban J connectivity index is 1.48. The fraction of sp³-hybridized carbons (Fsp3) is 0.217. The maximum Gasteiger partial charge on any atom is 0.305 e. The molecule has 3 aromatic rings. The fourth-order valence-corrected chi connectivity index (χ4v) is 2.64. The van der Waals surface area contributed by atoms with Crippen LogP contribution in [-0.2, 0) is 11.4 Å². The van der Waals surface area contributed by atoms with Gasteiger partial charge in [-0.05, 0) is 56.3 Å². The number of hydrogen-bond donors (Lipinski definition) is 2. The summed E-state index contributed by atoms with van der Waals surface area (Å²) in [4.78, 5) is 24.6. The first-order chi connectivity index (χ1) is 15.1. The van der Waals surface area contributed by atoms with Gasteiger partial charge in [0.15, 0.2) is 11.9 Å². The minimum atomic E-state index is -0.837. The normalized spacial score (nSPS) is 11.3. The lowest BCUT2D eigenvalue weighted by Crippen LogP contribution is -2.47. The first-order valence-corrected chi connectivity index (χ1v) is 9.80. The van der Waals surface area contributed by atoms with E-state index in [1.54, 1.807) is 37.3 Å². The first-order valence-electron chi connectivity index (χ1n) is 9.80. The number of rotatable bonds is 9. The number of benzene rings is 2. The highest BCUT2D eigenvalue weighted by Gasteiger charge is 2.19. The molecule has 0 aliphatic rings. The van der Waals surface area contributed by atoms with E-state index in [0.717, 1.165) is 0 Å². The van der Waals surface area contributed by atoms with Gasteiger partial charge in [-0.3, -0.25) is 20.4 Å². The van der Waals surface area contributed by atoms with Crippen molar-refractivity contribution in [2.24, 2.45) is 0 Å². The van der Waals surface area contributed by atoms with E-state index in [2.05, 4.69) is 10.9 Å². The molecule has 2 aromatic carbocycles. The first kappa shape index (κ1) is 21.8. The Morgan fingerprint density at radius 3 is 2.29 bits per heavy atom. The van der Waals surface area contributed by atoms with Crippen molar-refractivity contribution in [3.05, 3.63) is 78.3 Å². The van der Waals surface area contributed by atoms with Gasteiger partial charge in [0.2, 0.25) is 0 Å². The monoisotopic (exact) mass is 424 g/mol. The molecule has 0 aliphatic heterocycles. The van der Waals surface area contributed by atoms with Gasteiger partial charge in [0, 0.05) is 5.56 Å². The fourth-order valence-electron chi connectivity index (χ4n) is 2.64. The molecular weight excluding hydrogens is 400 g/mol. The molecule has 0 bridgehead atoms. The smallest absolute Gasteiger partial charge is 0.305 e. The van der Waals surface area contributed by atoms with Crippen LogP contribution in [0.1, 0.15) is 30.0 Å².